The van der Waals surface area contributed by atoms with Crippen LogP contribution in [-0.2, 0) is 65.4 Å². The quantitative estimate of drug-likeness (QED) is 0.0222. The number of hydrogen-bond acceptors (Lipinski definition) is 15. The molecule has 660 valence electrons. The molecule has 0 saturated heterocycles. The van der Waals surface area contributed by atoms with Gasteiger partial charge in [0, 0.05) is 25.7 Å². The van der Waals surface area contributed by atoms with Crippen molar-refractivity contribution in [3.05, 3.63) is 0 Å². The van der Waals surface area contributed by atoms with Gasteiger partial charge in [0.1, 0.15) is 19.3 Å². The fraction of sp³-hybridized carbons (Fsp3) is 0.957. The number of aliphatic hydroxyl groups excluding tert-OH is 1. The largest absolute Gasteiger partial charge is 0.472 e. The molecule has 0 amide bonds. The smallest absolute Gasteiger partial charge is 0.462 e. The lowest BCUT2D eigenvalue weighted by Gasteiger charge is -2.21. The zero-order chi connectivity index (χ0) is 81.5. The molecule has 17 nitrogen and oxygen atoms in total. The lowest BCUT2D eigenvalue weighted by Crippen LogP contribution is -2.30. The average molecular weight is 1620 g/mol. The molecule has 111 heavy (non-hydrogen) atoms. The number of phosphoric acid groups is 2. The summed E-state index contributed by atoms with van der Waals surface area (Å²) in [4.78, 5) is 73.4. The van der Waals surface area contributed by atoms with Crippen LogP contribution < -0.4 is 0 Å². The number of hydrogen-bond donors (Lipinski definition) is 3. The molecule has 0 rings (SSSR count). The molecule has 0 spiro atoms. The highest BCUT2D eigenvalue weighted by molar-refractivity contribution is 7.47. The first-order valence-corrected chi connectivity index (χ1v) is 50.4. The fourth-order valence-electron chi connectivity index (χ4n) is 14.4. The highest BCUT2D eigenvalue weighted by Crippen LogP contribution is 2.45. The molecule has 6 atom stereocenters. The van der Waals surface area contributed by atoms with Crippen LogP contribution in [0.4, 0.5) is 0 Å². The van der Waals surface area contributed by atoms with Crippen LogP contribution in [0.2, 0.25) is 0 Å². The van der Waals surface area contributed by atoms with Gasteiger partial charge in [0.2, 0.25) is 0 Å². The van der Waals surface area contributed by atoms with Crippen molar-refractivity contribution in [3.63, 3.8) is 0 Å². The monoisotopic (exact) mass is 1620 g/mol. The second-order valence-corrected chi connectivity index (χ2v) is 37.2. The molecule has 0 fully saturated rings. The van der Waals surface area contributed by atoms with Crippen LogP contribution in [0, 0.1) is 17.8 Å². The average Bonchev–Trinajstić information content (AvgIpc) is 0.900. The third kappa shape index (κ3) is 84.3. The van der Waals surface area contributed by atoms with Crippen molar-refractivity contribution in [2.24, 2.45) is 17.8 Å². The van der Waals surface area contributed by atoms with Crippen molar-refractivity contribution in [1.29, 1.82) is 0 Å². The maximum absolute atomic E-state index is 13.2. The van der Waals surface area contributed by atoms with Gasteiger partial charge in [0.05, 0.1) is 26.4 Å². The molecule has 0 radical (unpaired) electrons. The summed E-state index contributed by atoms with van der Waals surface area (Å²) >= 11 is 0. The van der Waals surface area contributed by atoms with E-state index in [2.05, 4.69) is 48.5 Å². The summed E-state index contributed by atoms with van der Waals surface area (Å²) in [6.45, 7) is 12.0. The molecule has 0 aliphatic rings. The third-order valence-electron chi connectivity index (χ3n) is 22.0. The maximum Gasteiger partial charge on any atom is 0.472 e. The zero-order valence-electron chi connectivity index (χ0n) is 73.4. The standard InChI is InChI=1S/C92H180O17P2/c1-8-10-11-12-13-14-15-16-17-18-19-20-21-25-31-36-41-46-51-59-66-73-89(94)102-79-87(108-91(96)75-68-61-52-47-42-37-32-26-23-22-24-29-34-39-44-49-56-63-70-83(3)4)81-106-110(98,99)104-77-86(93)78-105-111(100,101)107-82-88(80-103-90(95)74-67-60-55-54-58-65-72-85(7)9-2)109-92(97)76-69-62-53-48-43-38-33-28-27-30-35-40-45-50-57-64-71-84(5)6/h83-88,93H,8-82H2,1-7H3,(H,98,99)(H,100,101)/t85?,86-,87-,88-/m1/s1. The fourth-order valence-corrected chi connectivity index (χ4v) is 16.0. The van der Waals surface area contributed by atoms with Gasteiger partial charge >= 0.3 is 39.5 Å². The Kier molecular flexibility index (Phi) is 80.4. The van der Waals surface area contributed by atoms with Crippen LogP contribution in [0.3, 0.4) is 0 Å². The van der Waals surface area contributed by atoms with Crippen LogP contribution in [0.5, 0.6) is 0 Å². The Balaban J connectivity index is 5.22. The number of phosphoric ester groups is 2. The first-order chi connectivity index (χ1) is 53.8. The molecule has 3 N–H and O–H groups in total. The summed E-state index contributed by atoms with van der Waals surface area (Å²) in [6.07, 6.45) is 75.2. The van der Waals surface area contributed by atoms with Crippen molar-refractivity contribution in [2.75, 3.05) is 39.6 Å². The second kappa shape index (κ2) is 81.8. The predicted octanol–water partition coefficient (Wildman–Crippen LogP) is 28.4. The molecule has 0 aliphatic heterocycles. The number of ether oxygens (including phenoxy) is 4. The minimum absolute atomic E-state index is 0.107. The van der Waals surface area contributed by atoms with Gasteiger partial charge in [0.15, 0.2) is 12.2 Å². The highest BCUT2D eigenvalue weighted by Gasteiger charge is 2.31. The number of unbranched alkanes of at least 4 members (excludes halogenated alkanes) is 57. The van der Waals surface area contributed by atoms with Gasteiger partial charge in [-0.15, -0.1) is 0 Å². The molecule has 0 saturated carbocycles. The van der Waals surface area contributed by atoms with E-state index in [4.69, 9.17) is 37.0 Å². The van der Waals surface area contributed by atoms with E-state index in [9.17, 15) is 43.2 Å². The Hall–Kier alpha value is -1.94. The molecule has 0 aromatic rings. The lowest BCUT2D eigenvalue weighted by atomic mass is 10.00. The van der Waals surface area contributed by atoms with E-state index in [1.165, 1.54) is 295 Å². The van der Waals surface area contributed by atoms with Gasteiger partial charge in [-0.1, -0.05) is 440 Å². The van der Waals surface area contributed by atoms with Crippen LogP contribution in [-0.4, -0.2) is 96.7 Å². The summed E-state index contributed by atoms with van der Waals surface area (Å²) in [5, 5.41) is 10.7. The van der Waals surface area contributed by atoms with Crippen molar-refractivity contribution >= 4 is 39.5 Å². The zero-order valence-corrected chi connectivity index (χ0v) is 75.2. The molecule has 0 aromatic heterocycles. The Labute approximate surface area is 683 Å². The number of esters is 4. The first-order valence-electron chi connectivity index (χ1n) is 47.4. The van der Waals surface area contributed by atoms with Crippen molar-refractivity contribution < 1.29 is 80.2 Å². The molecular formula is C92H180O17P2. The molecule has 0 aromatic carbocycles. The minimum atomic E-state index is -4.97. The topological polar surface area (TPSA) is 237 Å². The van der Waals surface area contributed by atoms with E-state index in [0.29, 0.717) is 25.7 Å². The highest BCUT2D eigenvalue weighted by atomic mass is 31.2. The number of rotatable bonds is 90. The SMILES string of the molecule is CCCCCCCCCCCCCCCCCCCCCCCC(=O)OC[C@H](COP(=O)(O)OC[C@@H](O)COP(=O)(O)OC[C@@H](COC(=O)CCCCCCCCC(C)CC)OC(=O)CCCCCCCCCCCCCCCCCCC(C)C)OC(=O)CCCCCCCCCCCCCCCCCCCCC(C)C. The van der Waals surface area contributed by atoms with Crippen LogP contribution >= 0.6 is 15.6 Å². The summed E-state index contributed by atoms with van der Waals surface area (Å²) in [5.74, 6) is 0.261. The normalized spacial score (nSPS) is 14.0. The third-order valence-corrected chi connectivity index (χ3v) is 23.9. The Morgan fingerprint density at radius 3 is 0.685 bits per heavy atom. The van der Waals surface area contributed by atoms with Gasteiger partial charge in [-0.05, 0) is 43.4 Å². The van der Waals surface area contributed by atoms with E-state index < -0.39 is 97.5 Å². The maximum atomic E-state index is 13.2. The lowest BCUT2D eigenvalue weighted by molar-refractivity contribution is -0.161. The van der Waals surface area contributed by atoms with E-state index >= 15 is 0 Å². The van der Waals surface area contributed by atoms with Crippen LogP contribution in [0.15, 0.2) is 0 Å². The summed E-state index contributed by atoms with van der Waals surface area (Å²) in [5.41, 5.74) is 0. The predicted molar refractivity (Wildman–Crippen MR) is 460 cm³/mol. The molecule has 0 aliphatic carbocycles. The summed E-state index contributed by atoms with van der Waals surface area (Å²) < 4.78 is 69.1. The summed E-state index contributed by atoms with van der Waals surface area (Å²) in [7, 11) is -9.94. The Bertz CT molecular complexity index is 2130. The first kappa shape index (κ1) is 109. The van der Waals surface area contributed by atoms with E-state index in [-0.39, 0.29) is 25.7 Å². The van der Waals surface area contributed by atoms with Gasteiger partial charge < -0.3 is 33.8 Å². The van der Waals surface area contributed by atoms with Gasteiger partial charge in [0.25, 0.3) is 0 Å². The molecule has 0 bridgehead atoms. The number of carbonyl (C=O) groups is 4. The molecule has 3 unspecified atom stereocenters. The molecule has 19 heteroatoms. The second-order valence-electron chi connectivity index (χ2n) is 34.2. The molecule has 0 heterocycles. The number of aliphatic hydroxyl groups is 1. The minimum Gasteiger partial charge on any atom is -0.462 e. The van der Waals surface area contributed by atoms with Crippen molar-refractivity contribution in [3.8, 4) is 0 Å². The van der Waals surface area contributed by atoms with Gasteiger partial charge in [-0.25, -0.2) is 9.13 Å². The van der Waals surface area contributed by atoms with E-state index in [0.717, 1.165) is 114 Å². The van der Waals surface area contributed by atoms with Crippen molar-refractivity contribution in [1.82, 2.24) is 0 Å². The summed E-state index contributed by atoms with van der Waals surface area (Å²) in [6, 6.07) is 0. The van der Waals surface area contributed by atoms with Crippen molar-refractivity contribution in [2.45, 2.75) is 510 Å². The van der Waals surface area contributed by atoms with E-state index in [1.54, 1.807) is 0 Å². The van der Waals surface area contributed by atoms with Crippen LogP contribution in [0.25, 0.3) is 0 Å². The van der Waals surface area contributed by atoms with E-state index in [1.807, 2.05) is 0 Å². The van der Waals surface area contributed by atoms with Gasteiger partial charge in [-0.2, -0.15) is 0 Å². The number of carbonyl (C=O) groups excluding carboxylic acids is 4. The van der Waals surface area contributed by atoms with Gasteiger partial charge in [-0.3, -0.25) is 37.3 Å². The van der Waals surface area contributed by atoms with Crippen LogP contribution in [0.1, 0.15) is 492 Å². The molecular weight excluding hydrogens is 1440 g/mol. The Morgan fingerprint density at radius 1 is 0.261 bits per heavy atom. The Morgan fingerprint density at radius 2 is 0.459 bits per heavy atom.